The molecule has 0 fully saturated rings. The van der Waals surface area contributed by atoms with Crippen molar-refractivity contribution < 1.29 is 24.8 Å². The molecule has 0 aliphatic heterocycles. The van der Waals surface area contributed by atoms with Gasteiger partial charge < -0.3 is 16.4 Å². The normalized spacial score (nSPS) is 9.20. The van der Waals surface area contributed by atoms with E-state index in [1.807, 2.05) is 6.92 Å². The third kappa shape index (κ3) is 5.07. The number of rotatable bonds is 2. The topological polar surface area (TPSA) is 141 Å². The third-order valence-electron chi connectivity index (χ3n) is 1.43. The first-order valence-electron chi connectivity index (χ1n) is 3.25. The summed E-state index contributed by atoms with van der Waals surface area (Å²) in [5.41, 5.74) is 1.00. The first-order valence-corrected chi connectivity index (χ1v) is 5.11. The van der Waals surface area contributed by atoms with Crippen LogP contribution in [0.3, 0.4) is 0 Å². The van der Waals surface area contributed by atoms with Gasteiger partial charge in [0, 0.05) is 0 Å². The molecule has 7 N–H and O–H groups in total. The van der Waals surface area contributed by atoms with E-state index in [9.17, 15) is 8.42 Å². The monoisotopic (exact) mass is 259 g/mol. The zero-order valence-electron chi connectivity index (χ0n) is 7.91. The van der Waals surface area contributed by atoms with Crippen LogP contribution in [0.15, 0.2) is 29.2 Å². The average Bonchev–Trinajstić information content (AvgIpc) is 2.05. The van der Waals surface area contributed by atoms with Gasteiger partial charge in [0.15, 0.2) is 0 Å². The van der Waals surface area contributed by atoms with Gasteiger partial charge in [0.25, 0.3) is 10.0 Å². The maximum Gasteiger partial charge on any atom is 0.253 e. The highest BCUT2D eigenvalue weighted by atomic mass is 35.5. The van der Waals surface area contributed by atoms with Gasteiger partial charge in [-0.15, -0.1) is 4.24 Å². The summed E-state index contributed by atoms with van der Waals surface area (Å²) in [5, 5.41) is 0. The zero-order chi connectivity index (χ0) is 9.19. The molecule has 0 amide bonds. The van der Waals surface area contributed by atoms with E-state index in [1.165, 1.54) is 12.1 Å². The predicted molar refractivity (Wildman–Crippen MR) is 58.2 cm³/mol. The fraction of sp³-hybridized carbons (Fsp3) is 0.143. The Bertz CT molecular complexity index is 363. The molecule has 0 saturated heterocycles. The van der Waals surface area contributed by atoms with E-state index in [2.05, 4.69) is 0 Å². The molecule has 0 aromatic heterocycles. The Morgan fingerprint density at radius 1 is 1.07 bits per heavy atom. The number of halogens is 1. The van der Waals surface area contributed by atoms with E-state index in [-0.39, 0.29) is 21.3 Å². The minimum atomic E-state index is -3.50. The van der Waals surface area contributed by atoms with Crippen molar-refractivity contribution >= 4 is 21.8 Å². The molecule has 0 aliphatic rings. The number of hydrogen-bond donors (Lipinski definition) is 1. The van der Waals surface area contributed by atoms with Crippen molar-refractivity contribution in [1.29, 1.82) is 0 Å². The summed E-state index contributed by atoms with van der Waals surface area (Å²) < 4.78 is 23.9. The standard InChI is InChI=1S/C7H8ClNO2S.3H2O/c1-6-2-4-7(5-3-6)12(10,11)9-8;;;/h2-5,9H,1H3;3*1H2. The Kier molecular flexibility index (Phi) is 10.0. The van der Waals surface area contributed by atoms with E-state index in [1.54, 1.807) is 16.4 Å². The maximum absolute atomic E-state index is 11.1. The number of aryl methyl sites for hydroxylation is 1. The molecule has 8 heteroatoms. The second-order valence-corrected chi connectivity index (χ2v) is 4.49. The molecule has 0 bridgehead atoms. The van der Waals surface area contributed by atoms with Crippen LogP contribution in [0, 0.1) is 6.92 Å². The van der Waals surface area contributed by atoms with Gasteiger partial charge in [0.05, 0.1) is 4.90 Å². The highest BCUT2D eigenvalue weighted by Gasteiger charge is 2.10. The lowest BCUT2D eigenvalue weighted by Gasteiger charge is -1.99. The van der Waals surface area contributed by atoms with Crippen molar-refractivity contribution in [2.45, 2.75) is 11.8 Å². The quantitative estimate of drug-likeness (QED) is 0.677. The van der Waals surface area contributed by atoms with Crippen molar-refractivity contribution in [3.63, 3.8) is 0 Å². The number of hydrogen-bond acceptors (Lipinski definition) is 2. The Balaban J connectivity index is -0.000000480. The lowest BCUT2D eigenvalue weighted by atomic mass is 10.2. The van der Waals surface area contributed by atoms with E-state index in [4.69, 9.17) is 11.8 Å². The maximum atomic E-state index is 11.1. The van der Waals surface area contributed by atoms with Gasteiger partial charge in [-0.1, -0.05) is 17.7 Å². The molecule has 15 heavy (non-hydrogen) atoms. The Morgan fingerprint density at radius 2 is 1.47 bits per heavy atom. The average molecular weight is 260 g/mol. The zero-order valence-corrected chi connectivity index (χ0v) is 9.48. The van der Waals surface area contributed by atoms with Gasteiger partial charge in [-0.05, 0) is 30.8 Å². The molecule has 0 atom stereocenters. The second-order valence-electron chi connectivity index (χ2n) is 2.39. The van der Waals surface area contributed by atoms with E-state index >= 15 is 0 Å². The van der Waals surface area contributed by atoms with Crippen molar-refractivity contribution in [3.8, 4) is 0 Å². The van der Waals surface area contributed by atoms with E-state index in [0.717, 1.165) is 5.56 Å². The smallest absolute Gasteiger partial charge is 0.253 e. The summed E-state index contributed by atoms with van der Waals surface area (Å²) in [6.07, 6.45) is 0. The highest BCUT2D eigenvalue weighted by Crippen LogP contribution is 2.09. The van der Waals surface area contributed by atoms with E-state index < -0.39 is 10.0 Å². The summed E-state index contributed by atoms with van der Waals surface area (Å²) in [6.45, 7) is 1.88. The predicted octanol–water partition coefficient (Wildman–Crippen LogP) is -1.05. The summed E-state index contributed by atoms with van der Waals surface area (Å²) >= 11 is 5.03. The minimum absolute atomic E-state index is 0. The van der Waals surface area contributed by atoms with Gasteiger partial charge >= 0.3 is 0 Å². The van der Waals surface area contributed by atoms with Gasteiger partial charge in [-0.2, -0.15) is 0 Å². The van der Waals surface area contributed by atoms with Crippen LogP contribution in [0.1, 0.15) is 5.56 Å². The molecule has 0 radical (unpaired) electrons. The number of benzene rings is 1. The Labute approximate surface area is 93.0 Å². The van der Waals surface area contributed by atoms with Crippen LogP contribution in [0.4, 0.5) is 0 Å². The van der Waals surface area contributed by atoms with Crippen LogP contribution in [0.25, 0.3) is 0 Å². The van der Waals surface area contributed by atoms with Crippen LogP contribution in [0.2, 0.25) is 0 Å². The molecule has 0 saturated carbocycles. The molecule has 90 valence electrons. The van der Waals surface area contributed by atoms with Gasteiger partial charge in [0.1, 0.15) is 0 Å². The number of sulfonamides is 1. The Hall–Kier alpha value is -0.700. The van der Waals surface area contributed by atoms with E-state index in [0.29, 0.717) is 0 Å². The van der Waals surface area contributed by atoms with Gasteiger partial charge in [0.2, 0.25) is 0 Å². The molecule has 1 rings (SSSR count). The summed E-state index contributed by atoms with van der Waals surface area (Å²) in [5.74, 6) is 0. The molecule has 1 aromatic carbocycles. The second kappa shape index (κ2) is 7.57. The summed E-state index contributed by atoms with van der Waals surface area (Å²) in [6, 6.07) is 6.42. The fourth-order valence-electron chi connectivity index (χ4n) is 0.762. The lowest BCUT2D eigenvalue weighted by molar-refractivity contribution is 0.594. The highest BCUT2D eigenvalue weighted by molar-refractivity contribution is 7.90. The van der Waals surface area contributed by atoms with Crippen LogP contribution in [-0.4, -0.2) is 24.8 Å². The Morgan fingerprint density at radius 3 is 1.80 bits per heavy atom. The molecule has 1 aromatic rings. The van der Waals surface area contributed by atoms with Crippen molar-refractivity contribution in [2.75, 3.05) is 0 Å². The summed E-state index contributed by atoms with van der Waals surface area (Å²) in [4.78, 5) is 0.170. The van der Waals surface area contributed by atoms with Crippen LogP contribution < -0.4 is 4.24 Å². The third-order valence-corrected chi connectivity index (χ3v) is 3.14. The van der Waals surface area contributed by atoms with Crippen molar-refractivity contribution in [3.05, 3.63) is 29.8 Å². The van der Waals surface area contributed by atoms with Crippen LogP contribution >= 0.6 is 11.8 Å². The SMILES string of the molecule is Cc1ccc(S(=O)(=O)NCl)cc1.O.O.O. The van der Waals surface area contributed by atoms with Gasteiger partial charge in [-0.3, -0.25) is 0 Å². The van der Waals surface area contributed by atoms with Crippen LogP contribution in [0.5, 0.6) is 0 Å². The summed E-state index contributed by atoms with van der Waals surface area (Å²) in [7, 11) is -3.50. The first kappa shape index (κ1) is 19.8. The van der Waals surface area contributed by atoms with Crippen LogP contribution in [-0.2, 0) is 10.0 Å². The molecule has 0 aliphatic carbocycles. The molecular weight excluding hydrogens is 246 g/mol. The molecule has 0 spiro atoms. The molecular formula is C7H14ClNO5S. The molecule has 0 heterocycles. The lowest BCUT2D eigenvalue weighted by Crippen LogP contribution is -2.13. The molecule has 0 unspecified atom stereocenters. The largest absolute Gasteiger partial charge is 0.412 e. The first-order chi connectivity index (χ1) is 5.56. The fourth-order valence-corrected chi connectivity index (χ4v) is 1.61. The minimum Gasteiger partial charge on any atom is -0.412 e. The van der Waals surface area contributed by atoms with Crippen molar-refractivity contribution in [1.82, 2.24) is 4.24 Å². The van der Waals surface area contributed by atoms with Gasteiger partial charge in [-0.25, -0.2) is 8.42 Å². The number of nitrogens with one attached hydrogen (secondary N) is 1. The van der Waals surface area contributed by atoms with Crippen molar-refractivity contribution in [2.24, 2.45) is 0 Å². The molecule has 6 nitrogen and oxygen atoms in total.